The smallest absolute Gasteiger partial charge is 0.219 e. The van der Waals surface area contributed by atoms with Crippen LogP contribution in [0.25, 0.3) is 33.6 Å². The zero-order valence-corrected chi connectivity index (χ0v) is 20.4. The predicted octanol–water partition coefficient (Wildman–Crippen LogP) is 6.04. The summed E-state index contributed by atoms with van der Waals surface area (Å²) in [5.74, 6) is 0.481. The Morgan fingerprint density at radius 2 is 0.944 bits per heavy atom. The molecule has 2 saturated heterocycles. The molecule has 0 aliphatic carbocycles. The minimum absolute atomic E-state index is 0.0643. The second-order valence-electron chi connectivity index (χ2n) is 10.1. The second-order valence-corrected chi connectivity index (χ2v) is 10.1. The van der Waals surface area contributed by atoms with Crippen molar-refractivity contribution in [2.24, 2.45) is 0 Å². The summed E-state index contributed by atoms with van der Waals surface area (Å²) in [6, 6.07) is 16.3. The maximum Gasteiger partial charge on any atom is 0.219 e. The minimum Gasteiger partial charge on any atom is -0.317 e. The number of H-pyrrole nitrogens is 2. The van der Waals surface area contributed by atoms with Crippen LogP contribution in [-0.2, 0) is 0 Å². The molecule has 2 aliphatic heterocycles. The first-order valence-corrected chi connectivity index (χ1v) is 12.7. The Balaban J connectivity index is 1.19. The van der Waals surface area contributed by atoms with Crippen molar-refractivity contribution in [1.29, 1.82) is 0 Å². The molecule has 2 aromatic carbocycles. The number of benzene rings is 2. The molecule has 4 aromatic rings. The molecule has 8 heteroatoms. The zero-order chi connectivity index (χ0) is 24.8. The summed E-state index contributed by atoms with van der Waals surface area (Å²) in [5, 5.41) is 6.87. The molecule has 0 spiro atoms. The molecule has 2 aliphatic rings. The lowest BCUT2D eigenvalue weighted by Crippen LogP contribution is -2.21. The second kappa shape index (κ2) is 9.26. The van der Waals surface area contributed by atoms with E-state index in [4.69, 9.17) is 0 Å². The first kappa shape index (κ1) is 23.1. The molecule has 0 radical (unpaired) electrons. The molecule has 2 fully saturated rings. The summed E-state index contributed by atoms with van der Waals surface area (Å²) in [7, 11) is 0. The molecule has 4 atom stereocenters. The average molecular weight is 489 g/mol. The Morgan fingerprint density at radius 3 is 1.28 bits per heavy atom. The summed E-state index contributed by atoms with van der Waals surface area (Å²) in [5.41, 5.74) is 4.10. The third-order valence-electron chi connectivity index (χ3n) is 7.41. The normalized spacial score (nSPS) is 24.0. The molecule has 4 heterocycles. The number of rotatable bonds is 5. The van der Waals surface area contributed by atoms with Gasteiger partial charge in [-0.2, -0.15) is 8.78 Å². The fourth-order valence-electron chi connectivity index (χ4n) is 5.38. The van der Waals surface area contributed by atoms with E-state index >= 15 is 0 Å². The van der Waals surface area contributed by atoms with Gasteiger partial charge < -0.3 is 20.6 Å². The van der Waals surface area contributed by atoms with Crippen molar-refractivity contribution < 1.29 is 8.78 Å². The maximum absolute atomic E-state index is 14.6. The SMILES string of the molecule is C[C@@H]1CC[C@H](c2nc(-c3ccc(-c4ccc(-c5nc([C@@H]6CC[C@H](C)N6)[nH]c5F)cc4)cc3)c(F)[nH]2)N1. The van der Waals surface area contributed by atoms with E-state index in [9.17, 15) is 8.78 Å². The highest BCUT2D eigenvalue weighted by atomic mass is 19.1. The van der Waals surface area contributed by atoms with Crippen molar-refractivity contribution in [1.82, 2.24) is 30.6 Å². The standard InChI is InChI=1S/C28H30F2N6/c1-15-3-13-21(31-15)27-33-23(25(29)35-27)19-9-5-17(6-10-19)18-7-11-20(12-8-18)24-26(30)36-28(34-24)22-14-4-16(2)32-22/h5-12,15-16,21-22,31-32H,3-4,13-14H2,1-2H3,(H,33,35)(H,34,36)/t15-,16+,21-,22+. The average Bonchev–Trinajstić information content (AvgIpc) is 3.67. The highest BCUT2D eigenvalue weighted by molar-refractivity contribution is 5.71. The number of nitrogens with one attached hydrogen (secondary N) is 4. The number of aromatic nitrogens is 4. The number of halogens is 2. The molecule has 6 rings (SSSR count). The van der Waals surface area contributed by atoms with Gasteiger partial charge in [-0.1, -0.05) is 48.5 Å². The monoisotopic (exact) mass is 488 g/mol. The van der Waals surface area contributed by atoms with Gasteiger partial charge in [-0.05, 0) is 50.7 Å². The van der Waals surface area contributed by atoms with Crippen molar-refractivity contribution >= 4 is 0 Å². The summed E-state index contributed by atoms with van der Waals surface area (Å²) < 4.78 is 29.3. The third-order valence-corrected chi connectivity index (χ3v) is 7.41. The first-order valence-electron chi connectivity index (χ1n) is 12.7. The van der Waals surface area contributed by atoms with Crippen LogP contribution < -0.4 is 10.6 Å². The Labute approximate surface area is 209 Å². The summed E-state index contributed by atoms with van der Waals surface area (Å²) in [6.45, 7) is 4.25. The van der Waals surface area contributed by atoms with Crippen molar-refractivity contribution in [2.75, 3.05) is 0 Å². The molecule has 4 N–H and O–H groups in total. The van der Waals surface area contributed by atoms with E-state index in [1.807, 2.05) is 48.5 Å². The lowest BCUT2D eigenvalue weighted by atomic mass is 10.0. The van der Waals surface area contributed by atoms with Crippen LogP contribution in [0.4, 0.5) is 8.78 Å². The lowest BCUT2D eigenvalue weighted by Gasteiger charge is -2.08. The van der Waals surface area contributed by atoms with Gasteiger partial charge in [0.15, 0.2) is 0 Å². The maximum atomic E-state index is 14.6. The predicted molar refractivity (Wildman–Crippen MR) is 136 cm³/mol. The summed E-state index contributed by atoms with van der Waals surface area (Å²) in [6.07, 6.45) is 4.01. The van der Waals surface area contributed by atoms with Gasteiger partial charge >= 0.3 is 0 Å². The van der Waals surface area contributed by atoms with E-state index in [-0.39, 0.29) is 12.1 Å². The summed E-state index contributed by atoms with van der Waals surface area (Å²) in [4.78, 5) is 14.7. The molecular weight excluding hydrogens is 458 g/mol. The van der Waals surface area contributed by atoms with Crippen molar-refractivity contribution in [2.45, 2.75) is 63.7 Å². The van der Waals surface area contributed by atoms with Crippen LogP contribution in [0.1, 0.15) is 63.3 Å². The number of nitrogens with zero attached hydrogens (tertiary/aromatic N) is 2. The Bertz CT molecular complexity index is 1250. The zero-order valence-electron chi connectivity index (χ0n) is 20.4. The number of aromatic amines is 2. The van der Waals surface area contributed by atoms with Gasteiger partial charge in [0.1, 0.15) is 23.0 Å². The Morgan fingerprint density at radius 1 is 0.583 bits per heavy atom. The van der Waals surface area contributed by atoms with Crippen LogP contribution in [0, 0.1) is 11.9 Å². The van der Waals surface area contributed by atoms with E-state index in [0.717, 1.165) is 47.9 Å². The molecule has 0 amide bonds. The van der Waals surface area contributed by atoms with Crippen LogP contribution >= 0.6 is 0 Å². The Hall–Kier alpha value is -3.36. The molecule has 6 nitrogen and oxygen atoms in total. The van der Waals surface area contributed by atoms with Gasteiger partial charge in [-0.25, -0.2) is 9.97 Å². The Kier molecular flexibility index (Phi) is 5.93. The van der Waals surface area contributed by atoms with Crippen molar-refractivity contribution in [3.63, 3.8) is 0 Å². The van der Waals surface area contributed by atoms with E-state index < -0.39 is 11.9 Å². The quantitative estimate of drug-likeness (QED) is 0.276. The molecule has 2 aromatic heterocycles. The van der Waals surface area contributed by atoms with Gasteiger partial charge in [-0.15, -0.1) is 0 Å². The van der Waals surface area contributed by atoms with Gasteiger partial charge in [0.2, 0.25) is 11.9 Å². The molecule has 0 saturated carbocycles. The lowest BCUT2D eigenvalue weighted by molar-refractivity contribution is 0.545. The van der Waals surface area contributed by atoms with Gasteiger partial charge in [0.25, 0.3) is 0 Å². The van der Waals surface area contributed by atoms with Gasteiger partial charge in [0, 0.05) is 23.2 Å². The van der Waals surface area contributed by atoms with Crippen molar-refractivity contribution in [3.8, 4) is 33.6 Å². The highest BCUT2D eigenvalue weighted by Crippen LogP contribution is 2.32. The number of hydrogen-bond acceptors (Lipinski definition) is 4. The first-order chi connectivity index (χ1) is 17.4. The third kappa shape index (κ3) is 4.35. The minimum atomic E-state index is -0.411. The van der Waals surface area contributed by atoms with Crippen LogP contribution in [0.5, 0.6) is 0 Å². The molecular formula is C28H30F2N6. The van der Waals surface area contributed by atoms with E-state index in [1.54, 1.807) is 0 Å². The molecule has 36 heavy (non-hydrogen) atoms. The number of hydrogen-bond donors (Lipinski definition) is 4. The fourth-order valence-corrected chi connectivity index (χ4v) is 5.38. The molecule has 0 unspecified atom stereocenters. The fraction of sp³-hybridized carbons (Fsp3) is 0.357. The number of imidazole rings is 2. The highest BCUT2D eigenvalue weighted by Gasteiger charge is 2.27. The van der Waals surface area contributed by atoms with Crippen molar-refractivity contribution in [3.05, 3.63) is 72.1 Å². The van der Waals surface area contributed by atoms with E-state index in [0.29, 0.717) is 35.1 Å². The van der Waals surface area contributed by atoms with Crippen LogP contribution in [0.15, 0.2) is 48.5 Å². The van der Waals surface area contributed by atoms with Gasteiger partial charge in [0.05, 0.1) is 12.1 Å². The van der Waals surface area contributed by atoms with Crippen LogP contribution in [0.3, 0.4) is 0 Å². The van der Waals surface area contributed by atoms with E-state index in [2.05, 4.69) is 44.4 Å². The van der Waals surface area contributed by atoms with Gasteiger partial charge in [-0.3, -0.25) is 0 Å². The van der Waals surface area contributed by atoms with Crippen LogP contribution in [-0.4, -0.2) is 32.0 Å². The molecule has 0 bridgehead atoms. The topological polar surface area (TPSA) is 81.4 Å². The summed E-state index contributed by atoms with van der Waals surface area (Å²) >= 11 is 0. The molecule has 186 valence electrons. The van der Waals surface area contributed by atoms with Crippen LogP contribution in [0.2, 0.25) is 0 Å². The largest absolute Gasteiger partial charge is 0.317 e. The van der Waals surface area contributed by atoms with E-state index in [1.165, 1.54) is 0 Å².